The van der Waals surface area contributed by atoms with Gasteiger partial charge >= 0.3 is 0 Å². The molecule has 0 saturated carbocycles. The lowest BCUT2D eigenvalue weighted by atomic mass is 9.74. The maximum Gasteiger partial charge on any atom is 0.0124 e. The summed E-state index contributed by atoms with van der Waals surface area (Å²) in [5, 5.41) is 0. The van der Waals surface area contributed by atoms with E-state index in [4.69, 9.17) is 0 Å². The average molecular weight is 174 g/mol. The van der Waals surface area contributed by atoms with Gasteiger partial charge in [0.2, 0.25) is 0 Å². The van der Waals surface area contributed by atoms with Crippen LogP contribution in [0.1, 0.15) is 26.3 Å². The summed E-state index contributed by atoms with van der Waals surface area (Å²) in [5.74, 6) is 0.576. The van der Waals surface area contributed by atoms with Crippen LogP contribution < -0.4 is 0 Å². The van der Waals surface area contributed by atoms with Gasteiger partial charge in [-0.15, -0.1) is 6.58 Å². The summed E-state index contributed by atoms with van der Waals surface area (Å²) in [5.41, 5.74) is 1.45. The van der Waals surface area contributed by atoms with Gasteiger partial charge in [0.05, 0.1) is 0 Å². The first-order valence-electron chi connectivity index (χ1n) is 4.80. The molecule has 0 aromatic heterocycles. The number of allylic oxidation sites excluding steroid dienone is 1. The lowest BCUT2D eigenvalue weighted by Crippen LogP contribution is -2.25. The first-order chi connectivity index (χ1) is 6.11. The molecule has 1 aromatic carbocycles. The Bertz CT molecular complexity index is 271. The molecule has 0 aliphatic rings. The van der Waals surface area contributed by atoms with Crippen LogP contribution in [0.4, 0.5) is 0 Å². The highest BCUT2D eigenvalue weighted by molar-refractivity contribution is 5.29. The maximum absolute atomic E-state index is 3.93. The zero-order chi connectivity index (χ0) is 9.90. The van der Waals surface area contributed by atoms with E-state index in [-0.39, 0.29) is 5.41 Å². The Morgan fingerprint density at radius 3 is 2.15 bits per heavy atom. The Hall–Kier alpha value is -1.04. The normalized spacial score (nSPS) is 15.4. The minimum Gasteiger partial charge on any atom is -0.102 e. The molecule has 0 saturated heterocycles. The van der Waals surface area contributed by atoms with E-state index in [2.05, 4.69) is 51.6 Å². The quantitative estimate of drug-likeness (QED) is 0.612. The van der Waals surface area contributed by atoms with Gasteiger partial charge in [-0.2, -0.15) is 0 Å². The SMILES string of the molecule is C=C[C@@](C)(c1ccccc1)C(C)C. The van der Waals surface area contributed by atoms with E-state index in [1.165, 1.54) is 5.56 Å². The highest BCUT2D eigenvalue weighted by atomic mass is 14.3. The third kappa shape index (κ3) is 1.82. The highest BCUT2D eigenvalue weighted by Gasteiger charge is 2.26. The van der Waals surface area contributed by atoms with Crippen molar-refractivity contribution in [3.63, 3.8) is 0 Å². The summed E-state index contributed by atoms with van der Waals surface area (Å²) >= 11 is 0. The molecule has 0 nitrogen and oxygen atoms in total. The summed E-state index contributed by atoms with van der Waals surface area (Å²) in [7, 11) is 0. The van der Waals surface area contributed by atoms with Gasteiger partial charge in [0.1, 0.15) is 0 Å². The van der Waals surface area contributed by atoms with Crippen LogP contribution in [0.25, 0.3) is 0 Å². The Balaban J connectivity index is 3.10. The second-order valence-corrected chi connectivity index (χ2v) is 4.01. The topological polar surface area (TPSA) is 0 Å². The van der Waals surface area contributed by atoms with E-state index in [1.54, 1.807) is 0 Å². The fraction of sp³-hybridized carbons (Fsp3) is 0.385. The van der Waals surface area contributed by atoms with Crippen molar-refractivity contribution in [1.82, 2.24) is 0 Å². The van der Waals surface area contributed by atoms with Crippen molar-refractivity contribution >= 4 is 0 Å². The maximum atomic E-state index is 3.93. The summed E-state index contributed by atoms with van der Waals surface area (Å²) in [6.07, 6.45) is 2.05. The number of hydrogen-bond donors (Lipinski definition) is 0. The van der Waals surface area contributed by atoms with E-state index in [1.807, 2.05) is 12.1 Å². The third-order valence-corrected chi connectivity index (χ3v) is 3.02. The van der Waals surface area contributed by atoms with Crippen molar-refractivity contribution < 1.29 is 0 Å². The van der Waals surface area contributed by atoms with Crippen molar-refractivity contribution in [2.75, 3.05) is 0 Å². The summed E-state index contributed by atoms with van der Waals surface area (Å²) in [6, 6.07) is 10.6. The van der Waals surface area contributed by atoms with E-state index >= 15 is 0 Å². The van der Waals surface area contributed by atoms with E-state index in [0.717, 1.165) is 0 Å². The zero-order valence-corrected chi connectivity index (χ0v) is 8.75. The first kappa shape index (κ1) is 10.0. The molecular weight excluding hydrogens is 156 g/mol. The molecule has 1 aromatic rings. The van der Waals surface area contributed by atoms with Gasteiger partial charge in [-0.05, 0) is 11.5 Å². The van der Waals surface area contributed by atoms with Gasteiger partial charge in [-0.25, -0.2) is 0 Å². The molecule has 0 aliphatic heterocycles. The van der Waals surface area contributed by atoms with Crippen molar-refractivity contribution in [1.29, 1.82) is 0 Å². The van der Waals surface area contributed by atoms with Crippen LogP contribution in [-0.2, 0) is 5.41 Å². The molecule has 0 heterocycles. The van der Waals surface area contributed by atoms with Gasteiger partial charge in [0, 0.05) is 5.41 Å². The smallest absolute Gasteiger partial charge is 0.0124 e. The van der Waals surface area contributed by atoms with Crippen LogP contribution in [0.15, 0.2) is 43.0 Å². The van der Waals surface area contributed by atoms with E-state index in [9.17, 15) is 0 Å². The van der Waals surface area contributed by atoms with Gasteiger partial charge < -0.3 is 0 Å². The molecule has 0 aliphatic carbocycles. The van der Waals surface area contributed by atoms with E-state index in [0.29, 0.717) is 5.92 Å². The average Bonchev–Trinajstić information content (AvgIpc) is 2.17. The van der Waals surface area contributed by atoms with Crippen molar-refractivity contribution in [2.45, 2.75) is 26.2 Å². The molecule has 0 spiro atoms. The van der Waals surface area contributed by atoms with Gasteiger partial charge in [0.25, 0.3) is 0 Å². The molecule has 0 N–H and O–H groups in total. The predicted molar refractivity (Wildman–Crippen MR) is 58.8 cm³/mol. The van der Waals surface area contributed by atoms with Gasteiger partial charge in [-0.1, -0.05) is 57.2 Å². The molecule has 0 bridgehead atoms. The second-order valence-electron chi connectivity index (χ2n) is 4.01. The van der Waals surface area contributed by atoms with Crippen LogP contribution in [0.3, 0.4) is 0 Å². The Labute approximate surface area is 81.3 Å². The van der Waals surface area contributed by atoms with Crippen LogP contribution in [-0.4, -0.2) is 0 Å². The molecule has 0 heteroatoms. The molecule has 0 fully saturated rings. The molecule has 70 valence electrons. The molecule has 0 amide bonds. The minimum absolute atomic E-state index is 0.0985. The summed E-state index contributed by atoms with van der Waals surface area (Å²) in [6.45, 7) is 10.6. The van der Waals surface area contributed by atoms with Crippen LogP contribution >= 0.6 is 0 Å². The largest absolute Gasteiger partial charge is 0.102 e. The summed E-state index contributed by atoms with van der Waals surface area (Å²) in [4.78, 5) is 0. The minimum atomic E-state index is 0.0985. The van der Waals surface area contributed by atoms with Crippen LogP contribution in [0, 0.1) is 5.92 Å². The zero-order valence-electron chi connectivity index (χ0n) is 8.75. The highest BCUT2D eigenvalue weighted by Crippen LogP contribution is 2.32. The molecule has 13 heavy (non-hydrogen) atoms. The standard InChI is InChI=1S/C13H18/c1-5-13(4,11(2)3)12-9-7-6-8-10-12/h5-11H,1H2,2-4H3/t13-/m1/s1. The number of hydrogen-bond acceptors (Lipinski definition) is 0. The van der Waals surface area contributed by atoms with Gasteiger partial charge in [0.15, 0.2) is 0 Å². The van der Waals surface area contributed by atoms with Crippen LogP contribution in [0.2, 0.25) is 0 Å². The summed E-state index contributed by atoms with van der Waals surface area (Å²) < 4.78 is 0. The second kappa shape index (κ2) is 3.78. The molecule has 0 unspecified atom stereocenters. The van der Waals surface area contributed by atoms with Crippen molar-refractivity contribution in [2.24, 2.45) is 5.92 Å². The number of benzene rings is 1. The predicted octanol–water partition coefficient (Wildman–Crippen LogP) is 3.79. The molecular formula is C13H18. The lowest BCUT2D eigenvalue weighted by molar-refractivity contribution is 0.421. The van der Waals surface area contributed by atoms with E-state index < -0.39 is 0 Å². The molecule has 1 rings (SSSR count). The van der Waals surface area contributed by atoms with Crippen LogP contribution in [0.5, 0.6) is 0 Å². The Morgan fingerprint density at radius 2 is 1.77 bits per heavy atom. The Kier molecular flexibility index (Phi) is 2.92. The van der Waals surface area contributed by atoms with Crippen molar-refractivity contribution in [3.05, 3.63) is 48.6 Å². The monoisotopic (exact) mass is 174 g/mol. The fourth-order valence-corrected chi connectivity index (χ4v) is 1.48. The first-order valence-corrected chi connectivity index (χ1v) is 4.80. The molecule has 1 atom stereocenters. The number of rotatable bonds is 3. The lowest BCUT2D eigenvalue weighted by Gasteiger charge is -2.30. The third-order valence-electron chi connectivity index (χ3n) is 3.02. The fourth-order valence-electron chi connectivity index (χ4n) is 1.48. The van der Waals surface area contributed by atoms with Crippen molar-refractivity contribution in [3.8, 4) is 0 Å². The van der Waals surface area contributed by atoms with Gasteiger partial charge in [-0.3, -0.25) is 0 Å². The molecule has 0 radical (unpaired) electrons. The Morgan fingerprint density at radius 1 is 1.23 bits per heavy atom.